The van der Waals surface area contributed by atoms with E-state index in [4.69, 9.17) is 14.6 Å². The van der Waals surface area contributed by atoms with Crippen molar-refractivity contribution in [1.29, 1.82) is 0 Å². The van der Waals surface area contributed by atoms with E-state index in [1.807, 2.05) is 0 Å². The Hall–Kier alpha value is -3.37. The highest BCUT2D eigenvalue weighted by atomic mass is 16.6. The molecule has 0 heterocycles. The summed E-state index contributed by atoms with van der Waals surface area (Å²) in [4.78, 5) is 11.8. The van der Waals surface area contributed by atoms with Crippen molar-refractivity contribution in [2.75, 3.05) is 19.8 Å². The van der Waals surface area contributed by atoms with Gasteiger partial charge in [0, 0.05) is 17.7 Å². The monoisotopic (exact) mass is 512 g/mol. The van der Waals surface area contributed by atoms with Crippen molar-refractivity contribution >= 4 is 5.97 Å². The number of hydrogen-bond acceptors (Lipinski definition) is 4. The minimum atomic E-state index is -0.409. The van der Waals surface area contributed by atoms with E-state index < -0.39 is 5.97 Å². The van der Waals surface area contributed by atoms with E-state index in [0.29, 0.717) is 11.5 Å². The predicted octanol–water partition coefficient (Wildman–Crippen LogP) is 7.74. The van der Waals surface area contributed by atoms with Crippen LogP contribution in [0.4, 0.5) is 0 Å². The maximum absolute atomic E-state index is 11.8. The van der Waals surface area contributed by atoms with Crippen molar-refractivity contribution in [3.63, 3.8) is 0 Å². The molecule has 1 saturated carbocycles. The van der Waals surface area contributed by atoms with Crippen LogP contribution in [-0.4, -0.2) is 30.9 Å². The summed E-state index contributed by atoms with van der Waals surface area (Å²) in [6, 6.07) is 23.7. The molecule has 0 aliphatic heterocycles. The second kappa shape index (κ2) is 13.4. The van der Waals surface area contributed by atoms with Gasteiger partial charge in [-0.05, 0) is 78.3 Å². The summed E-state index contributed by atoms with van der Waals surface area (Å²) < 4.78 is 11.4. The first-order valence-corrected chi connectivity index (χ1v) is 13.8. The van der Waals surface area contributed by atoms with Crippen LogP contribution in [0.5, 0.6) is 5.75 Å². The van der Waals surface area contributed by atoms with Gasteiger partial charge in [-0.3, -0.25) is 0 Å². The summed E-state index contributed by atoms with van der Waals surface area (Å²) in [5.74, 6) is 1.86. The van der Waals surface area contributed by atoms with Crippen LogP contribution in [0.3, 0.4) is 0 Å². The van der Waals surface area contributed by atoms with Crippen LogP contribution < -0.4 is 4.74 Å². The zero-order chi connectivity index (χ0) is 26.9. The van der Waals surface area contributed by atoms with Gasteiger partial charge < -0.3 is 14.6 Å². The van der Waals surface area contributed by atoms with E-state index in [-0.39, 0.29) is 19.8 Å². The third-order valence-corrected chi connectivity index (χ3v) is 7.52. The molecule has 0 radical (unpaired) electrons. The number of hydrogen-bond donors (Lipinski definition) is 1. The normalized spacial score (nSPS) is 17.1. The molecule has 0 atom stereocenters. The van der Waals surface area contributed by atoms with E-state index in [1.165, 1.54) is 36.8 Å². The van der Waals surface area contributed by atoms with Crippen molar-refractivity contribution in [1.82, 2.24) is 0 Å². The zero-order valence-corrected chi connectivity index (χ0v) is 22.7. The first-order valence-electron chi connectivity index (χ1n) is 13.8. The third-order valence-electron chi connectivity index (χ3n) is 7.52. The van der Waals surface area contributed by atoms with E-state index in [0.717, 1.165) is 46.8 Å². The molecule has 3 aromatic rings. The fraction of sp³-hybridized carbons (Fsp3) is 0.382. The Morgan fingerprint density at radius 3 is 2.21 bits per heavy atom. The maximum atomic E-state index is 11.8. The molecular weight excluding hydrogens is 472 g/mol. The fourth-order valence-electron chi connectivity index (χ4n) is 5.14. The number of rotatable bonds is 11. The molecule has 1 aliphatic carbocycles. The van der Waals surface area contributed by atoms with Gasteiger partial charge in [-0.25, -0.2) is 4.79 Å². The number of carbonyl (C=O) groups is 1. The quantitative estimate of drug-likeness (QED) is 0.162. The minimum Gasteiger partial charge on any atom is -0.489 e. The number of benzene rings is 3. The molecule has 0 saturated heterocycles. The second-order valence-corrected chi connectivity index (χ2v) is 10.6. The predicted molar refractivity (Wildman–Crippen MR) is 154 cm³/mol. The Morgan fingerprint density at radius 1 is 0.895 bits per heavy atom. The number of ether oxygens (including phenoxy) is 2. The first kappa shape index (κ1) is 27.7. The highest BCUT2D eigenvalue weighted by molar-refractivity contribution is 5.86. The number of esters is 1. The molecule has 4 nitrogen and oxygen atoms in total. The summed E-state index contributed by atoms with van der Waals surface area (Å²) in [5.41, 5.74) is 7.30. The van der Waals surface area contributed by atoms with E-state index >= 15 is 0 Å². The van der Waals surface area contributed by atoms with E-state index in [9.17, 15) is 4.79 Å². The van der Waals surface area contributed by atoms with Crippen molar-refractivity contribution in [3.8, 4) is 28.0 Å². The molecule has 0 spiro atoms. The smallest absolute Gasteiger partial charge is 0.333 e. The third kappa shape index (κ3) is 7.35. The summed E-state index contributed by atoms with van der Waals surface area (Å²) in [5, 5.41) is 9.12. The molecule has 1 N–H and O–H groups in total. The Morgan fingerprint density at radius 2 is 1.55 bits per heavy atom. The fourth-order valence-corrected chi connectivity index (χ4v) is 5.14. The lowest BCUT2D eigenvalue weighted by molar-refractivity contribution is -0.139. The molecule has 1 fully saturated rings. The highest BCUT2D eigenvalue weighted by Gasteiger charge is 2.19. The van der Waals surface area contributed by atoms with Crippen LogP contribution in [0.1, 0.15) is 63.0 Å². The van der Waals surface area contributed by atoms with Gasteiger partial charge in [0.2, 0.25) is 0 Å². The minimum absolute atomic E-state index is 0.157. The lowest BCUT2D eigenvalue weighted by atomic mass is 9.79. The highest BCUT2D eigenvalue weighted by Crippen LogP contribution is 2.38. The van der Waals surface area contributed by atoms with Gasteiger partial charge in [0.25, 0.3) is 0 Å². The maximum Gasteiger partial charge on any atom is 0.333 e. The lowest BCUT2D eigenvalue weighted by Gasteiger charge is -2.26. The molecule has 38 heavy (non-hydrogen) atoms. The summed E-state index contributed by atoms with van der Waals surface area (Å²) in [7, 11) is 0. The second-order valence-electron chi connectivity index (χ2n) is 10.6. The topological polar surface area (TPSA) is 55.8 Å². The molecule has 0 aromatic heterocycles. The summed E-state index contributed by atoms with van der Waals surface area (Å²) in [6.45, 7) is 8.22. The Bertz CT molecular complexity index is 1200. The van der Waals surface area contributed by atoms with Gasteiger partial charge in [-0.1, -0.05) is 87.0 Å². The van der Waals surface area contributed by atoms with Gasteiger partial charge in [0.1, 0.15) is 19.0 Å². The number of aliphatic hydroxyl groups is 1. The van der Waals surface area contributed by atoms with E-state index in [2.05, 4.69) is 80.2 Å². The van der Waals surface area contributed by atoms with Gasteiger partial charge in [-0.15, -0.1) is 0 Å². The molecule has 0 unspecified atom stereocenters. The molecule has 200 valence electrons. The van der Waals surface area contributed by atoms with Gasteiger partial charge in [-0.2, -0.15) is 0 Å². The van der Waals surface area contributed by atoms with Crippen LogP contribution in [0.15, 0.2) is 78.9 Å². The molecule has 0 amide bonds. The molecule has 3 aromatic carbocycles. The van der Waals surface area contributed by atoms with Crippen LogP contribution >= 0.6 is 0 Å². The summed E-state index contributed by atoms with van der Waals surface area (Å²) >= 11 is 0. The van der Waals surface area contributed by atoms with Gasteiger partial charge in [0.15, 0.2) is 0 Å². The molecular formula is C34H40O4. The zero-order valence-electron chi connectivity index (χ0n) is 22.7. The van der Waals surface area contributed by atoms with Crippen LogP contribution in [0.25, 0.3) is 22.3 Å². The SMILES string of the molecule is C=C(C)C(=O)OCCOc1cc(-c2ccc(C3CCC(C)CC3)cc2)ccc1-c1ccc(CCCO)cc1. The number of aryl methyl sites for hydroxylation is 1. The molecule has 0 bridgehead atoms. The molecule has 4 heteroatoms. The van der Waals surface area contributed by atoms with Crippen molar-refractivity contribution < 1.29 is 19.4 Å². The Kier molecular flexibility index (Phi) is 9.78. The lowest BCUT2D eigenvalue weighted by Crippen LogP contribution is -2.12. The average Bonchev–Trinajstić information content (AvgIpc) is 2.95. The largest absolute Gasteiger partial charge is 0.489 e. The van der Waals surface area contributed by atoms with Gasteiger partial charge >= 0.3 is 5.97 Å². The molecule has 4 rings (SSSR count). The van der Waals surface area contributed by atoms with Crippen LogP contribution in [0.2, 0.25) is 0 Å². The first-order chi connectivity index (χ1) is 18.4. The summed E-state index contributed by atoms with van der Waals surface area (Å²) in [6.07, 6.45) is 6.80. The Balaban J connectivity index is 1.54. The van der Waals surface area contributed by atoms with E-state index in [1.54, 1.807) is 6.92 Å². The molecule has 1 aliphatic rings. The van der Waals surface area contributed by atoms with Crippen molar-refractivity contribution in [2.24, 2.45) is 5.92 Å². The van der Waals surface area contributed by atoms with Gasteiger partial charge in [0.05, 0.1) is 0 Å². The number of carbonyl (C=O) groups excluding carboxylic acids is 1. The van der Waals surface area contributed by atoms with Crippen LogP contribution in [-0.2, 0) is 16.0 Å². The van der Waals surface area contributed by atoms with Crippen molar-refractivity contribution in [2.45, 2.75) is 58.3 Å². The average molecular weight is 513 g/mol. The van der Waals surface area contributed by atoms with Crippen LogP contribution in [0, 0.1) is 5.92 Å². The number of aliphatic hydroxyl groups excluding tert-OH is 1. The van der Waals surface area contributed by atoms with Crippen molar-refractivity contribution in [3.05, 3.63) is 90.0 Å². The Labute approximate surface area is 227 Å². The standard InChI is InChI=1S/C34H40O4/c1-24(2)34(36)38-22-21-37-33-23-31(18-19-32(33)30-12-8-26(9-13-30)5-4-20-35)29-16-14-28(15-17-29)27-10-6-25(3)7-11-27/h8-9,12-19,23,25,27,35H,1,4-7,10-11,20-22H2,2-3H3.